The maximum absolute atomic E-state index is 12.9. The summed E-state index contributed by atoms with van der Waals surface area (Å²) in [5.74, 6) is -1.04. The molecule has 0 spiro atoms. The van der Waals surface area contributed by atoms with Crippen LogP contribution in [-0.4, -0.2) is 12.1 Å². The van der Waals surface area contributed by atoms with Gasteiger partial charge in [0.2, 0.25) is 0 Å². The molecule has 0 radical (unpaired) electrons. The van der Waals surface area contributed by atoms with E-state index in [4.69, 9.17) is 4.74 Å². The Labute approximate surface area is 168 Å². The van der Waals surface area contributed by atoms with E-state index in [-0.39, 0.29) is 5.82 Å². The molecule has 0 aliphatic heterocycles. The van der Waals surface area contributed by atoms with Gasteiger partial charge in [0.1, 0.15) is 18.2 Å². The minimum absolute atomic E-state index is 0.283. The Bertz CT molecular complexity index is 1010. The Balaban J connectivity index is 1.52. The number of nitrogens with one attached hydrogen (secondary N) is 1. The van der Waals surface area contributed by atoms with Gasteiger partial charge < -0.3 is 4.74 Å². The smallest absolute Gasteiger partial charge is 0.261 e. The summed E-state index contributed by atoms with van der Waals surface area (Å²) in [4.78, 5) is 12.2. The number of rotatable bonds is 7. The Morgan fingerprint density at radius 1 is 1.07 bits per heavy atom. The van der Waals surface area contributed by atoms with Gasteiger partial charge in [-0.15, -0.1) is 0 Å². The molecular formula is C23H18FN3O2. The van der Waals surface area contributed by atoms with Crippen molar-refractivity contribution in [2.75, 3.05) is 0 Å². The highest BCUT2D eigenvalue weighted by molar-refractivity contribution is 5.88. The normalized spacial score (nSPS) is 11.6. The van der Waals surface area contributed by atoms with Gasteiger partial charge in [0.25, 0.3) is 5.91 Å². The molecule has 0 bridgehead atoms. The zero-order valence-corrected chi connectivity index (χ0v) is 15.5. The van der Waals surface area contributed by atoms with E-state index in [0.717, 1.165) is 11.1 Å². The SMILES string of the molecule is N#C[C@@H](C(=O)N/N=C\c1ccc(OCc2ccc(F)cc2)cc1)c1ccccc1. The Kier molecular flexibility index (Phi) is 6.69. The summed E-state index contributed by atoms with van der Waals surface area (Å²) < 4.78 is 18.6. The maximum atomic E-state index is 12.9. The molecule has 3 rings (SSSR count). The van der Waals surface area contributed by atoms with Gasteiger partial charge in [0.15, 0.2) is 5.92 Å². The highest BCUT2D eigenvalue weighted by Gasteiger charge is 2.19. The summed E-state index contributed by atoms with van der Waals surface area (Å²) in [5.41, 5.74) is 4.63. The van der Waals surface area contributed by atoms with Crippen molar-refractivity contribution in [1.82, 2.24) is 5.43 Å². The van der Waals surface area contributed by atoms with Crippen molar-refractivity contribution < 1.29 is 13.9 Å². The van der Waals surface area contributed by atoms with E-state index in [1.807, 2.05) is 12.1 Å². The number of nitriles is 1. The molecule has 0 aliphatic carbocycles. The van der Waals surface area contributed by atoms with Crippen LogP contribution in [0.5, 0.6) is 5.75 Å². The molecule has 1 N–H and O–H groups in total. The van der Waals surface area contributed by atoms with E-state index in [2.05, 4.69) is 10.5 Å². The summed E-state index contributed by atoms with van der Waals surface area (Å²) in [6.07, 6.45) is 1.49. The number of carbonyl (C=O) groups is 1. The fraction of sp³-hybridized carbons (Fsp3) is 0.0870. The largest absolute Gasteiger partial charge is 0.489 e. The van der Waals surface area contributed by atoms with E-state index in [9.17, 15) is 14.4 Å². The Morgan fingerprint density at radius 3 is 2.41 bits per heavy atom. The fourth-order valence-corrected chi connectivity index (χ4v) is 2.56. The number of ether oxygens (including phenoxy) is 1. The van der Waals surface area contributed by atoms with E-state index in [1.165, 1.54) is 18.3 Å². The first-order valence-corrected chi connectivity index (χ1v) is 8.90. The Hall–Kier alpha value is -3.98. The third kappa shape index (κ3) is 5.75. The molecule has 0 saturated heterocycles. The minimum Gasteiger partial charge on any atom is -0.489 e. The predicted octanol–water partition coefficient (Wildman–Crippen LogP) is 4.16. The second-order valence-electron chi connectivity index (χ2n) is 6.19. The van der Waals surface area contributed by atoms with Crippen molar-refractivity contribution in [3.05, 3.63) is 101 Å². The van der Waals surface area contributed by atoms with E-state index >= 15 is 0 Å². The fourth-order valence-electron chi connectivity index (χ4n) is 2.56. The molecule has 0 aliphatic rings. The second-order valence-corrected chi connectivity index (χ2v) is 6.19. The molecule has 1 amide bonds. The number of benzene rings is 3. The van der Waals surface area contributed by atoms with Crippen molar-refractivity contribution in [2.24, 2.45) is 5.10 Å². The molecular weight excluding hydrogens is 369 g/mol. The lowest BCUT2D eigenvalue weighted by atomic mass is 10.0. The molecule has 0 saturated carbocycles. The first kappa shape index (κ1) is 19.8. The summed E-state index contributed by atoms with van der Waals surface area (Å²) in [7, 11) is 0. The zero-order valence-electron chi connectivity index (χ0n) is 15.5. The van der Waals surface area contributed by atoms with Crippen LogP contribution in [0.25, 0.3) is 0 Å². The van der Waals surface area contributed by atoms with E-state index < -0.39 is 11.8 Å². The van der Waals surface area contributed by atoms with E-state index in [0.29, 0.717) is 17.9 Å². The van der Waals surface area contributed by atoms with Gasteiger partial charge in [-0.05, 0) is 53.1 Å². The highest BCUT2D eigenvalue weighted by Crippen LogP contribution is 2.15. The summed E-state index contributed by atoms with van der Waals surface area (Å²) in [6, 6.07) is 24.0. The van der Waals surface area contributed by atoms with Crippen molar-refractivity contribution in [3.8, 4) is 11.8 Å². The summed E-state index contributed by atoms with van der Waals surface area (Å²) in [6.45, 7) is 0.332. The third-order valence-corrected chi connectivity index (χ3v) is 4.11. The standard InChI is InChI=1S/C23H18FN3O2/c24-20-10-6-18(7-11-20)16-29-21-12-8-17(9-13-21)15-26-27-23(28)22(14-25)19-4-2-1-3-5-19/h1-13,15,22H,16H2,(H,27,28)/b26-15-/t22-/m1/s1. The van der Waals surface area contributed by atoms with Gasteiger partial charge >= 0.3 is 0 Å². The minimum atomic E-state index is -0.921. The second kappa shape index (κ2) is 9.81. The van der Waals surface area contributed by atoms with Crippen LogP contribution in [0.2, 0.25) is 0 Å². The number of amides is 1. The molecule has 144 valence electrons. The maximum Gasteiger partial charge on any atom is 0.261 e. The first-order chi connectivity index (χ1) is 14.2. The number of halogens is 1. The van der Waals surface area contributed by atoms with Crippen LogP contribution in [0.4, 0.5) is 4.39 Å². The topological polar surface area (TPSA) is 74.5 Å². The molecule has 3 aromatic rings. The summed E-state index contributed by atoms with van der Waals surface area (Å²) >= 11 is 0. The van der Waals surface area contributed by atoms with E-state index in [1.54, 1.807) is 60.7 Å². The highest BCUT2D eigenvalue weighted by atomic mass is 19.1. The average Bonchev–Trinajstić information content (AvgIpc) is 2.75. The third-order valence-electron chi connectivity index (χ3n) is 4.11. The van der Waals surface area contributed by atoms with Gasteiger partial charge in [-0.1, -0.05) is 42.5 Å². The van der Waals surface area contributed by atoms with Gasteiger partial charge in [-0.3, -0.25) is 4.79 Å². The van der Waals surface area contributed by atoms with Crippen molar-refractivity contribution in [2.45, 2.75) is 12.5 Å². The number of nitrogens with zero attached hydrogens (tertiary/aromatic N) is 2. The number of hydrogen-bond acceptors (Lipinski definition) is 4. The zero-order chi connectivity index (χ0) is 20.5. The molecule has 0 fully saturated rings. The lowest BCUT2D eigenvalue weighted by Gasteiger charge is -2.07. The van der Waals surface area contributed by atoms with Crippen LogP contribution >= 0.6 is 0 Å². The number of carbonyl (C=O) groups excluding carboxylic acids is 1. The van der Waals surface area contributed by atoms with Gasteiger partial charge in [-0.2, -0.15) is 10.4 Å². The van der Waals surface area contributed by atoms with Crippen LogP contribution in [0.1, 0.15) is 22.6 Å². The lowest BCUT2D eigenvalue weighted by Crippen LogP contribution is -2.24. The van der Waals surface area contributed by atoms with Crippen molar-refractivity contribution in [3.63, 3.8) is 0 Å². The molecule has 0 heterocycles. The van der Waals surface area contributed by atoms with Crippen LogP contribution in [0.15, 0.2) is 84.0 Å². The van der Waals surface area contributed by atoms with Gasteiger partial charge in [0.05, 0.1) is 12.3 Å². The molecule has 6 heteroatoms. The number of hydrogen-bond donors (Lipinski definition) is 1. The lowest BCUT2D eigenvalue weighted by molar-refractivity contribution is -0.121. The van der Waals surface area contributed by atoms with Crippen LogP contribution in [0, 0.1) is 17.1 Å². The van der Waals surface area contributed by atoms with Crippen LogP contribution in [-0.2, 0) is 11.4 Å². The average molecular weight is 387 g/mol. The molecule has 5 nitrogen and oxygen atoms in total. The van der Waals surface area contributed by atoms with Gasteiger partial charge in [-0.25, -0.2) is 9.82 Å². The monoisotopic (exact) mass is 387 g/mol. The molecule has 0 aromatic heterocycles. The first-order valence-electron chi connectivity index (χ1n) is 8.90. The molecule has 29 heavy (non-hydrogen) atoms. The van der Waals surface area contributed by atoms with Crippen molar-refractivity contribution >= 4 is 12.1 Å². The number of hydrazone groups is 1. The van der Waals surface area contributed by atoms with Crippen LogP contribution < -0.4 is 10.2 Å². The quantitative estimate of drug-likeness (QED) is 0.489. The predicted molar refractivity (Wildman–Crippen MR) is 108 cm³/mol. The summed E-state index contributed by atoms with van der Waals surface area (Å²) in [5, 5.41) is 13.2. The molecule has 1 atom stereocenters. The van der Waals surface area contributed by atoms with Crippen molar-refractivity contribution in [1.29, 1.82) is 5.26 Å². The molecule has 3 aromatic carbocycles. The molecule has 0 unspecified atom stereocenters. The Morgan fingerprint density at radius 2 is 1.76 bits per heavy atom. The van der Waals surface area contributed by atoms with Crippen LogP contribution in [0.3, 0.4) is 0 Å². The van der Waals surface area contributed by atoms with Gasteiger partial charge in [0, 0.05) is 0 Å².